The lowest BCUT2D eigenvalue weighted by Crippen LogP contribution is -2.58. The molecule has 7 heteroatoms. The summed E-state index contributed by atoms with van der Waals surface area (Å²) in [6, 6.07) is 0.369. The Balaban J connectivity index is 1.53. The van der Waals surface area contributed by atoms with E-state index in [1.807, 2.05) is 11.8 Å². The Morgan fingerprint density at radius 2 is 1.96 bits per heavy atom. The van der Waals surface area contributed by atoms with Gasteiger partial charge in [-0.25, -0.2) is 0 Å². The summed E-state index contributed by atoms with van der Waals surface area (Å²) in [6.45, 7) is 11.4. The molecule has 128 valence electrons. The number of piperazine rings is 1. The van der Waals surface area contributed by atoms with Crippen molar-refractivity contribution in [1.29, 1.82) is 0 Å². The molecule has 0 bridgehead atoms. The van der Waals surface area contributed by atoms with Gasteiger partial charge in [0.15, 0.2) is 5.82 Å². The summed E-state index contributed by atoms with van der Waals surface area (Å²) >= 11 is 0. The van der Waals surface area contributed by atoms with Gasteiger partial charge in [0, 0.05) is 45.7 Å². The Labute approximate surface area is 137 Å². The Morgan fingerprint density at radius 1 is 1.22 bits per heavy atom. The highest BCUT2D eigenvalue weighted by Gasteiger charge is 2.35. The Morgan fingerprint density at radius 3 is 2.57 bits per heavy atom. The maximum absolute atomic E-state index is 12.7. The zero-order valence-corrected chi connectivity index (χ0v) is 14.4. The van der Waals surface area contributed by atoms with Gasteiger partial charge in [-0.3, -0.25) is 14.6 Å². The van der Waals surface area contributed by atoms with E-state index in [0.717, 1.165) is 57.9 Å². The first-order valence-corrected chi connectivity index (χ1v) is 8.60. The lowest BCUT2D eigenvalue weighted by atomic mass is 10.0. The van der Waals surface area contributed by atoms with E-state index in [-0.39, 0.29) is 6.04 Å². The smallest absolute Gasteiger partial charge is 0.240 e. The van der Waals surface area contributed by atoms with E-state index in [4.69, 9.17) is 4.52 Å². The maximum atomic E-state index is 12.7. The predicted molar refractivity (Wildman–Crippen MR) is 85.8 cm³/mol. The topological polar surface area (TPSA) is 65.7 Å². The minimum Gasteiger partial charge on any atom is -0.340 e. The van der Waals surface area contributed by atoms with E-state index in [1.54, 1.807) is 0 Å². The zero-order chi connectivity index (χ0) is 16.4. The fraction of sp³-hybridized carbons (Fsp3) is 0.812. The van der Waals surface area contributed by atoms with E-state index in [2.05, 4.69) is 33.8 Å². The number of likely N-dealkylation sites (tertiary alicyclic amines) is 1. The Bertz CT molecular complexity index is 536. The van der Waals surface area contributed by atoms with Crippen molar-refractivity contribution >= 4 is 5.91 Å². The van der Waals surface area contributed by atoms with Gasteiger partial charge >= 0.3 is 0 Å². The summed E-state index contributed by atoms with van der Waals surface area (Å²) in [6.07, 6.45) is 2.10. The van der Waals surface area contributed by atoms with Gasteiger partial charge in [0.1, 0.15) is 0 Å². The first kappa shape index (κ1) is 16.4. The molecule has 23 heavy (non-hydrogen) atoms. The minimum atomic E-state index is 0.0701. The van der Waals surface area contributed by atoms with Crippen LogP contribution in [0.4, 0.5) is 0 Å². The maximum Gasteiger partial charge on any atom is 0.240 e. The monoisotopic (exact) mass is 321 g/mol. The minimum absolute atomic E-state index is 0.0701. The lowest BCUT2D eigenvalue weighted by molar-refractivity contribution is -0.143. The highest BCUT2D eigenvalue weighted by Crippen LogP contribution is 2.21. The van der Waals surface area contributed by atoms with Crippen LogP contribution in [-0.2, 0) is 11.3 Å². The number of carbonyl (C=O) groups excluding carboxylic acids is 1. The third kappa shape index (κ3) is 3.72. The van der Waals surface area contributed by atoms with Gasteiger partial charge in [0.05, 0.1) is 12.6 Å². The van der Waals surface area contributed by atoms with Crippen molar-refractivity contribution in [2.75, 3.05) is 32.7 Å². The van der Waals surface area contributed by atoms with E-state index < -0.39 is 0 Å². The standard InChI is InChI=1S/C16H27N5O2/c1-12(2)21-6-4-5-14(16(21)22)20-9-7-19(8-10-20)11-15-17-13(3)23-18-15/h12,14H,4-11H2,1-3H3. The second-order valence-electron chi connectivity index (χ2n) is 6.83. The molecule has 1 aromatic heterocycles. The molecular formula is C16H27N5O2. The van der Waals surface area contributed by atoms with Crippen LogP contribution in [0, 0.1) is 6.92 Å². The van der Waals surface area contributed by atoms with Crippen molar-refractivity contribution in [3.05, 3.63) is 11.7 Å². The Kier molecular flexibility index (Phi) is 4.96. The van der Waals surface area contributed by atoms with E-state index in [1.165, 1.54) is 0 Å². The van der Waals surface area contributed by atoms with Crippen LogP contribution >= 0.6 is 0 Å². The zero-order valence-electron chi connectivity index (χ0n) is 14.4. The second kappa shape index (κ2) is 6.97. The number of hydrogen-bond donors (Lipinski definition) is 0. The van der Waals surface area contributed by atoms with Gasteiger partial charge in [-0.1, -0.05) is 5.16 Å². The van der Waals surface area contributed by atoms with Crippen molar-refractivity contribution in [2.45, 2.75) is 52.2 Å². The molecule has 3 heterocycles. The van der Waals surface area contributed by atoms with E-state index in [9.17, 15) is 4.79 Å². The fourth-order valence-electron chi connectivity index (χ4n) is 3.57. The number of aryl methyl sites for hydroxylation is 1. The molecule has 2 fully saturated rings. The van der Waals surface area contributed by atoms with Gasteiger partial charge in [-0.05, 0) is 26.7 Å². The summed E-state index contributed by atoms with van der Waals surface area (Å²) in [5.41, 5.74) is 0. The van der Waals surface area contributed by atoms with Crippen LogP contribution in [0.15, 0.2) is 4.52 Å². The van der Waals surface area contributed by atoms with Crippen LogP contribution in [-0.4, -0.2) is 75.6 Å². The van der Waals surface area contributed by atoms with Crippen LogP contribution in [0.5, 0.6) is 0 Å². The molecule has 2 aliphatic heterocycles. The molecule has 1 atom stereocenters. The molecule has 3 rings (SSSR count). The number of rotatable bonds is 4. The molecule has 0 radical (unpaired) electrons. The molecule has 1 aromatic rings. The van der Waals surface area contributed by atoms with Gasteiger partial charge < -0.3 is 9.42 Å². The summed E-state index contributed by atoms with van der Waals surface area (Å²) < 4.78 is 5.02. The fourth-order valence-corrected chi connectivity index (χ4v) is 3.57. The number of hydrogen-bond acceptors (Lipinski definition) is 6. The summed E-state index contributed by atoms with van der Waals surface area (Å²) in [7, 11) is 0. The summed E-state index contributed by atoms with van der Waals surface area (Å²) in [5.74, 6) is 1.67. The Hall–Kier alpha value is -1.47. The van der Waals surface area contributed by atoms with Crippen molar-refractivity contribution in [3.63, 3.8) is 0 Å². The molecule has 0 saturated carbocycles. The van der Waals surface area contributed by atoms with Crippen LogP contribution in [0.2, 0.25) is 0 Å². The van der Waals surface area contributed by atoms with Crippen LogP contribution in [0.1, 0.15) is 38.4 Å². The molecule has 1 unspecified atom stereocenters. The number of nitrogens with zero attached hydrogens (tertiary/aromatic N) is 5. The number of amides is 1. The third-order valence-corrected chi connectivity index (χ3v) is 4.85. The molecule has 2 saturated heterocycles. The highest BCUT2D eigenvalue weighted by molar-refractivity contribution is 5.82. The molecule has 0 aliphatic carbocycles. The number of aromatic nitrogens is 2. The lowest BCUT2D eigenvalue weighted by Gasteiger charge is -2.43. The van der Waals surface area contributed by atoms with Gasteiger partial charge in [0.25, 0.3) is 0 Å². The van der Waals surface area contributed by atoms with Crippen molar-refractivity contribution in [2.24, 2.45) is 0 Å². The second-order valence-corrected chi connectivity index (χ2v) is 6.83. The van der Waals surface area contributed by atoms with Crippen molar-refractivity contribution in [1.82, 2.24) is 24.8 Å². The molecular weight excluding hydrogens is 294 g/mol. The molecule has 0 N–H and O–H groups in total. The van der Waals surface area contributed by atoms with Gasteiger partial charge in [-0.2, -0.15) is 4.98 Å². The average molecular weight is 321 g/mol. The van der Waals surface area contributed by atoms with Crippen LogP contribution in [0.25, 0.3) is 0 Å². The molecule has 0 aromatic carbocycles. The summed E-state index contributed by atoms with van der Waals surface area (Å²) in [4.78, 5) is 23.7. The van der Waals surface area contributed by atoms with Gasteiger partial charge in [0.2, 0.25) is 11.8 Å². The molecule has 1 amide bonds. The largest absolute Gasteiger partial charge is 0.340 e. The first-order valence-electron chi connectivity index (χ1n) is 8.60. The van der Waals surface area contributed by atoms with E-state index in [0.29, 0.717) is 17.8 Å². The first-order chi connectivity index (χ1) is 11.0. The average Bonchev–Trinajstić information content (AvgIpc) is 2.93. The SMILES string of the molecule is Cc1nc(CN2CCN(C3CCCN(C(C)C)C3=O)CC2)no1. The normalized spacial score (nSPS) is 24.6. The van der Waals surface area contributed by atoms with Crippen molar-refractivity contribution in [3.8, 4) is 0 Å². The highest BCUT2D eigenvalue weighted by atomic mass is 16.5. The van der Waals surface area contributed by atoms with Crippen molar-refractivity contribution < 1.29 is 9.32 Å². The molecule has 2 aliphatic rings. The third-order valence-electron chi connectivity index (χ3n) is 4.85. The van der Waals surface area contributed by atoms with Crippen LogP contribution in [0.3, 0.4) is 0 Å². The summed E-state index contributed by atoms with van der Waals surface area (Å²) in [5, 5.41) is 3.96. The number of carbonyl (C=O) groups is 1. The molecule has 7 nitrogen and oxygen atoms in total. The number of piperidine rings is 1. The van der Waals surface area contributed by atoms with Gasteiger partial charge in [-0.15, -0.1) is 0 Å². The quantitative estimate of drug-likeness (QED) is 0.821. The molecule has 0 spiro atoms. The van der Waals surface area contributed by atoms with E-state index >= 15 is 0 Å². The predicted octanol–water partition coefficient (Wildman–Crippen LogP) is 0.895. The van der Waals surface area contributed by atoms with Crippen LogP contribution < -0.4 is 0 Å².